The van der Waals surface area contributed by atoms with Crippen molar-refractivity contribution in [1.82, 2.24) is 9.80 Å². The van der Waals surface area contributed by atoms with E-state index in [1.807, 2.05) is 25.7 Å². The molecular weight excluding hydrogens is 348 g/mol. The van der Waals surface area contributed by atoms with Crippen molar-refractivity contribution in [3.05, 3.63) is 71.8 Å². The van der Waals surface area contributed by atoms with Gasteiger partial charge in [0.1, 0.15) is 5.60 Å². The fraction of sp³-hybridized carbons (Fsp3) is 0.458. The summed E-state index contributed by atoms with van der Waals surface area (Å²) in [6, 6.07) is 21.7. The summed E-state index contributed by atoms with van der Waals surface area (Å²) in [5, 5.41) is 0. The number of hydrogen-bond donors (Lipinski definition) is 0. The minimum atomic E-state index is -0.440. The van der Waals surface area contributed by atoms with Crippen molar-refractivity contribution in [3.63, 3.8) is 0 Å². The van der Waals surface area contributed by atoms with Crippen LogP contribution in [0.15, 0.2) is 60.7 Å². The van der Waals surface area contributed by atoms with Crippen LogP contribution in [0, 0.1) is 5.41 Å². The molecule has 2 heterocycles. The fourth-order valence-corrected chi connectivity index (χ4v) is 4.56. The molecule has 2 aliphatic heterocycles. The second kappa shape index (κ2) is 7.25. The lowest BCUT2D eigenvalue weighted by molar-refractivity contribution is -0.0187. The minimum Gasteiger partial charge on any atom is -0.444 e. The number of benzene rings is 2. The van der Waals surface area contributed by atoms with Gasteiger partial charge in [0.25, 0.3) is 0 Å². The molecule has 0 radical (unpaired) electrons. The van der Waals surface area contributed by atoms with E-state index in [1.54, 1.807) is 0 Å². The number of nitrogens with zero attached hydrogens (tertiary/aromatic N) is 2. The van der Waals surface area contributed by atoms with E-state index in [0.29, 0.717) is 0 Å². The van der Waals surface area contributed by atoms with Gasteiger partial charge in [-0.1, -0.05) is 60.7 Å². The molecule has 2 aromatic rings. The Morgan fingerprint density at radius 3 is 1.96 bits per heavy atom. The van der Waals surface area contributed by atoms with Gasteiger partial charge in [0.15, 0.2) is 0 Å². The first kappa shape index (κ1) is 19.0. The van der Waals surface area contributed by atoms with Crippen molar-refractivity contribution in [1.29, 1.82) is 0 Å². The van der Waals surface area contributed by atoms with Crippen LogP contribution in [0.1, 0.15) is 44.4 Å². The van der Waals surface area contributed by atoms with Crippen LogP contribution in [-0.2, 0) is 4.74 Å². The van der Waals surface area contributed by atoms with Crippen LogP contribution in [-0.4, -0.2) is 47.7 Å². The summed E-state index contributed by atoms with van der Waals surface area (Å²) in [4.78, 5) is 16.9. The molecule has 2 aliphatic rings. The first-order valence-electron chi connectivity index (χ1n) is 10.2. The predicted octanol–water partition coefficient (Wildman–Crippen LogP) is 4.72. The van der Waals surface area contributed by atoms with E-state index in [9.17, 15) is 4.79 Å². The molecule has 4 rings (SSSR count). The van der Waals surface area contributed by atoms with Crippen molar-refractivity contribution in [2.45, 2.75) is 38.8 Å². The third-order valence-electron chi connectivity index (χ3n) is 5.76. The van der Waals surface area contributed by atoms with Gasteiger partial charge in [0, 0.05) is 31.6 Å². The van der Waals surface area contributed by atoms with E-state index >= 15 is 0 Å². The number of likely N-dealkylation sites (tertiary alicyclic amines) is 2. The van der Waals surface area contributed by atoms with Crippen LogP contribution in [0.2, 0.25) is 0 Å². The van der Waals surface area contributed by atoms with E-state index in [0.717, 1.165) is 32.6 Å². The third-order valence-corrected chi connectivity index (χ3v) is 5.76. The number of amides is 1. The Morgan fingerprint density at radius 2 is 1.46 bits per heavy atom. The van der Waals surface area contributed by atoms with Gasteiger partial charge in [-0.3, -0.25) is 4.90 Å². The number of carbonyl (C=O) groups is 1. The molecule has 0 aromatic heterocycles. The number of carbonyl (C=O) groups excluding carboxylic acids is 1. The van der Waals surface area contributed by atoms with Crippen LogP contribution >= 0.6 is 0 Å². The predicted molar refractivity (Wildman–Crippen MR) is 111 cm³/mol. The van der Waals surface area contributed by atoms with Crippen LogP contribution in [0.3, 0.4) is 0 Å². The SMILES string of the molecule is CC(C)(C)OC(=O)N1CCC2(C1)CN(C(c1ccccc1)c1ccccc1)C2. The lowest BCUT2D eigenvalue weighted by atomic mass is 9.76. The van der Waals surface area contributed by atoms with Crippen molar-refractivity contribution >= 4 is 6.09 Å². The molecular formula is C24H30N2O2. The molecule has 0 bridgehead atoms. The highest BCUT2D eigenvalue weighted by Gasteiger charge is 2.51. The van der Waals surface area contributed by atoms with Gasteiger partial charge in [0.05, 0.1) is 6.04 Å². The molecule has 1 spiro atoms. The highest BCUT2D eigenvalue weighted by molar-refractivity contribution is 5.68. The zero-order valence-electron chi connectivity index (χ0n) is 17.1. The summed E-state index contributed by atoms with van der Waals surface area (Å²) in [6.45, 7) is 9.39. The maximum absolute atomic E-state index is 12.4. The fourth-order valence-electron chi connectivity index (χ4n) is 4.56. The highest BCUT2D eigenvalue weighted by atomic mass is 16.6. The number of hydrogen-bond acceptors (Lipinski definition) is 3. The summed E-state index contributed by atoms with van der Waals surface area (Å²) >= 11 is 0. The molecule has 28 heavy (non-hydrogen) atoms. The van der Waals surface area contributed by atoms with E-state index in [-0.39, 0.29) is 17.6 Å². The minimum absolute atomic E-state index is 0.175. The normalized spacial score (nSPS) is 19.1. The maximum atomic E-state index is 12.4. The van der Waals surface area contributed by atoms with E-state index < -0.39 is 5.60 Å². The second-order valence-electron chi connectivity index (χ2n) is 9.28. The maximum Gasteiger partial charge on any atom is 0.410 e. The lowest BCUT2D eigenvalue weighted by Gasteiger charge is -2.51. The van der Waals surface area contributed by atoms with Crippen molar-refractivity contribution in [2.24, 2.45) is 5.41 Å². The van der Waals surface area contributed by atoms with E-state index in [4.69, 9.17) is 4.74 Å². The average molecular weight is 379 g/mol. The smallest absolute Gasteiger partial charge is 0.410 e. The zero-order valence-corrected chi connectivity index (χ0v) is 17.1. The Labute approximate surface area is 168 Å². The van der Waals surface area contributed by atoms with Crippen LogP contribution in [0.4, 0.5) is 4.79 Å². The van der Waals surface area contributed by atoms with Crippen LogP contribution in [0.25, 0.3) is 0 Å². The van der Waals surface area contributed by atoms with Gasteiger partial charge >= 0.3 is 6.09 Å². The van der Waals surface area contributed by atoms with Gasteiger partial charge in [0.2, 0.25) is 0 Å². The largest absolute Gasteiger partial charge is 0.444 e. The monoisotopic (exact) mass is 378 g/mol. The summed E-state index contributed by atoms with van der Waals surface area (Å²) in [6.07, 6.45) is 0.879. The molecule has 0 aliphatic carbocycles. The van der Waals surface area contributed by atoms with E-state index in [2.05, 4.69) is 65.6 Å². The molecule has 0 saturated carbocycles. The molecule has 0 atom stereocenters. The Morgan fingerprint density at radius 1 is 0.929 bits per heavy atom. The number of ether oxygens (including phenoxy) is 1. The zero-order chi connectivity index (χ0) is 19.8. The Balaban J connectivity index is 1.46. The van der Waals surface area contributed by atoms with Crippen molar-refractivity contribution in [2.75, 3.05) is 26.2 Å². The van der Waals surface area contributed by atoms with Gasteiger partial charge in [-0.15, -0.1) is 0 Å². The van der Waals surface area contributed by atoms with Gasteiger partial charge in [-0.05, 0) is 38.3 Å². The molecule has 0 unspecified atom stereocenters. The molecule has 4 nitrogen and oxygen atoms in total. The Hall–Kier alpha value is -2.33. The quantitative estimate of drug-likeness (QED) is 0.775. The summed E-state index contributed by atoms with van der Waals surface area (Å²) in [5.74, 6) is 0. The standard InChI is InChI=1S/C24H30N2O2/c1-23(2,3)28-22(27)25-15-14-24(16-25)17-26(18-24)21(19-10-6-4-7-11-19)20-12-8-5-9-13-20/h4-13,21H,14-18H2,1-3H3. The molecule has 2 fully saturated rings. The first-order valence-corrected chi connectivity index (χ1v) is 10.2. The lowest BCUT2D eigenvalue weighted by Crippen LogP contribution is -2.58. The molecule has 0 N–H and O–H groups in total. The van der Waals surface area contributed by atoms with Gasteiger partial charge < -0.3 is 9.64 Å². The van der Waals surface area contributed by atoms with Crippen LogP contribution in [0.5, 0.6) is 0 Å². The summed E-state index contributed by atoms with van der Waals surface area (Å²) < 4.78 is 5.57. The molecule has 2 aromatic carbocycles. The molecule has 1 amide bonds. The topological polar surface area (TPSA) is 32.8 Å². The summed E-state index contributed by atoms with van der Waals surface area (Å²) in [5.41, 5.74) is 2.42. The third kappa shape index (κ3) is 3.93. The van der Waals surface area contributed by atoms with E-state index in [1.165, 1.54) is 11.1 Å². The Kier molecular flexibility index (Phi) is 4.92. The van der Waals surface area contributed by atoms with Gasteiger partial charge in [-0.25, -0.2) is 4.79 Å². The molecule has 148 valence electrons. The van der Waals surface area contributed by atoms with Crippen molar-refractivity contribution < 1.29 is 9.53 Å². The first-order chi connectivity index (χ1) is 13.4. The van der Waals surface area contributed by atoms with Crippen molar-refractivity contribution in [3.8, 4) is 0 Å². The second-order valence-corrected chi connectivity index (χ2v) is 9.28. The van der Waals surface area contributed by atoms with Gasteiger partial charge in [-0.2, -0.15) is 0 Å². The average Bonchev–Trinajstić information content (AvgIpc) is 3.08. The van der Waals surface area contributed by atoms with Crippen LogP contribution < -0.4 is 0 Å². The highest BCUT2D eigenvalue weighted by Crippen LogP contribution is 2.45. The summed E-state index contributed by atoms with van der Waals surface area (Å²) in [7, 11) is 0. The number of rotatable bonds is 3. The Bertz CT molecular complexity index is 768. The molecule has 4 heteroatoms. The molecule has 2 saturated heterocycles.